The molecule has 1 unspecified atom stereocenters. The number of nitrogens with two attached hydrogens (primary N) is 1. The number of hydrogen-bond acceptors (Lipinski definition) is 2. The van der Waals surface area contributed by atoms with E-state index in [1.54, 1.807) is 0 Å². The minimum absolute atomic E-state index is 0.468. The molecule has 1 saturated heterocycles. The molecule has 0 aromatic carbocycles. The van der Waals surface area contributed by atoms with Crippen LogP contribution in [0.5, 0.6) is 0 Å². The molecule has 1 aliphatic carbocycles. The second-order valence-corrected chi connectivity index (χ2v) is 4.55. The summed E-state index contributed by atoms with van der Waals surface area (Å²) in [6.07, 6.45) is 5.31. The van der Waals surface area contributed by atoms with E-state index in [-0.39, 0.29) is 0 Å². The Kier molecular flexibility index (Phi) is 2.37. The Labute approximate surface area is 75.1 Å². The van der Waals surface area contributed by atoms with Crippen molar-refractivity contribution in [2.75, 3.05) is 13.1 Å². The summed E-state index contributed by atoms with van der Waals surface area (Å²) < 4.78 is 0. The van der Waals surface area contributed by atoms with Gasteiger partial charge in [-0.1, -0.05) is 13.3 Å². The molecule has 0 aromatic heterocycles. The number of hydrogen-bond donors (Lipinski definition) is 1. The van der Waals surface area contributed by atoms with Crippen LogP contribution in [0.25, 0.3) is 0 Å². The van der Waals surface area contributed by atoms with Crippen LogP contribution in [0.3, 0.4) is 0 Å². The van der Waals surface area contributed by atoms with Gasteiger partial charge in [0.05, 0.1) is 0 Å². The van der Waals surface area contributed by atoms with Crippen molar-refractivity contribution in [2.24, 2.45) is 11.7 Å². The van der Waals surface area contributed by atoms with Crippen LogP contribution in [0.1, 0.15) is 32.6 Å². The maximum atomic E-state index is 6.06. The van der Waals surface area contributed by atoms with Gasteiger partial charge in [-0.2, -0.15) is 0 Å². The Hall–Kier alpha value is -0.0800. The zero-order valence-electron chi connectivity index (χ0n) is 8.00. The van der Waals surface area contributed by atoms with Gasteiger partial charge in [0.1, 0.15) is 0 Å². The maximum absolute atomic E-state index is 6.06. The van der Waals surface area contributed by atoms with Crippen LogP contribution in [0, 0.1) is 5.92 Å². The molecule has 0 radical (unpaired) electrons. The van der Waals surface area contributed by atoms with Gasteiger partial charge < -0.3 is 5.73 Å². The average Bonchev–Trinajstić information content (AvgIpc) is 2.58. The molecule has 1 saturated carbocycles. The van der Waals surface area contributed by atoms with Gasteiger partial charge in [0.15, 0.2) is 0 Å². The molecule has 3 atom stereocenters. The summed E-state index contributed by atoms with van der Waals surface area (Å²) in [6, 6.07) is 1.19. The fourth-order valence-electron chi connectivity index (χ4n) is 2.69. The van der Waals surface area contributed by atoms with E-state index >= 15 is 0 Å². The minimum Gasteiger partial charge on any atom is -0.326 e. The highest BCUT2D eigenvalue weighted by atomic mass is 15.2. The van der Waals surface area contributed by atoms with Crippen LogP contribution in [-0.4, -0.2) is 30.1 Å². The zero-order chi connectivity index (χ0) is 8.55. The molecule has 0 spiro atoms. The van der Waals surface area contributed by atoms with E-state index < -0.39 is 0 Å². The highest BCUT2D eigenvalue weighted by Gasteiger charge is 2.32. The third kappa shape index (κ3) is 1.50. The van der Waals surface area contributed by atoms with Crippen molar-refractivity contribution in [1.29, 1.82) is 0 Å². The molecular weight excluding hydrogens is 148 g/mol. The molecule has 2 heteroatoms. The summed E-state index contributed by atoms with van der Waals surface area (Å²) in [5, 5.41) is 0. The van der Waals surface area contributed by atoms with Gasteiger partial charge in [0.25, 0.3) is 0 Å². The van der Waals surface area contributed by atoms with Gasteiger partial charge >= 0.3 is 0 Å². The molecule has 70 valence electrons. The van der Waals surface area contributed by atoms with Crippen molar-refractivity contribution in [1.82, 2.24) is 4.90 Å². The second kappa shape index (κ2) is 3.35. The average molecular weight is 168 g/mol. The quantitative estimate of drug-likeness (QED) is 0.637. The highest BCUT2D eigenvalue weighted by Crippen LogP contribution is 2.27. The van der Waals surface area contributed by atoms with Crippen molar-refractivity contribution < 1.29 is 0 Å². The van der Waals surface area contributed by atoms with Crippen LogP contribution in [0.15, 0.2) is 0 Å². The third-order valence-corrected chi connectivity index (χ3v) is 3.46. The van der Waals surface area contributed by atoms with Gasteiger partial charge in [-0.05, 0) is 31.7 Å². The lowest BCUT2D eigenvalue weighted by Gasteiger charge is -2.27. The highest BCUT2D eigenvalue weighted by molar-refractivity contribution is 4.90. The largest absolute Gasteiger partial charge is 0.326 e. The van der Waals surface area contributed by atoms with Crippen LogP contribution in [0.2, 0.25) is 0 Å². The summed E-state index contributed by atoms with van der Waals surface area (Å²) in [6.45, 7) is 4.93. The van der Waals surface area contributed by atoms with E-state index in [9.17, 15) is 0 Å². The lowest BCUT2D eigenvalue weighted by Crippen LogP contribution is -2.43. The molecule has 0 amide bonds. The van der Waals surface area contributed by atoms with Crippen molar-refractivity contribution in [3.8, 4) is 0 Å². The first-order valence-electron chi connectivity index (χ1n) is 5.27. The molecule has 2 fully saturated rings. The van der Waals surface area contributed by atoms with Gasteiger partial charge in [0, 0.05) is 18.6 Å². The minimum atomic E-state index is 0.468. The van der Waals surface area contributed by atoms with Crippen LogP contribution in [-0.2, 0) is 0 Å². The number of rotatable bonds is 1. The molecule has 2 aliphatic rings. The summed E-state index contributed by atoms with van der Waals surface area (Å²) >= 11 is 0. The molecule has 12 heavy (non-hydrogen) atoms. The summed E-state index contributed by atoms with van der Waals surface area (Å²) in [7, 11) is 0. The van der Waals surface area contributed by atoms with E-state index in [2.05, 4.69) is 11.8 Å². The predicted molar refractivity (Wildman–Crippen MR) is 51.0 cm³/mol. The van der Waals surface area contributed by atoms with Crippen LogP contribution < -0.4 is 5.73 Å². The molecule has 0 aromatic rings. The van der Waals surface area contributed by atoms with Crippen LogP contribution in [0.4, 0.5) is 0 Å². The van der Waals surface area contributed by atoms with Crippen molar-refractivity contribution >= 4 is 0 Å². The number of likely N-dealkylation sites (tertiary alicyclic amines) is 1. The normalized spacial score (nSPS) is 44.0. The summed E-state index contributed by atoms with van der Waals surface area (Å²) in [5.74, 6) is 0.901. The first-order valence-corrected chi connectivity index (χ1v) is 5.27. The monoisotopic (exact) mass is 168 g/mol. The lowest BCUT2D eigenvalue weighted by atomic mass is 10.1. The Balaban J connectivity index is 1.91. The third-order valence-electron chi connectivity index (χ3n) is 3.46. The molecule has 1 aliphatic heterocycles. The number of nitrogens with zero attached hydrogens (tertiary/aromatic N) is 1. The molecule has 2 N–H and O–H groups in total. The van der Waals surface area contributed by atoms with E-state index in [1.165, 1.54) is 38.8 Å². The summed E-state index contributed by atoms with van der Waals surface area (Å²) in [5.41, 5.74) is 6.06. The molecule has 2 rings (SSSR count). The smallest absolute Gasteiger partial charge is 0.0247 e. The van der Waals surface area contributed by atoms with Gasteiger partial charge in [0.2, 0.25) is 0 Å². The lowest BCUT2D eigenvalue weighted by molar-refractivity contribution is 0.222. The van der Waals surface area contributed by atoms with E-state index in [0.29, 0.717) is 6.04 Å². The van der Waals surface area contributed by atoms with Crippen molar-refractivity contribution in [3.63, 3.8) is 0 Å². The summed E-state index contributed by atoms with van der Waals surface area (Å²) in [4.78, 5) is 2.61. The van der Waals surface area contributed by atoms with Gasteiger partial charge in [-0.25, -0.2) is 0 Å². The van der Waals surface area contributed by atoms with Crippen molar-refractivity contribution in [3.05, 3.63) is 0 Å². The van der Waals surface area contributed by atoms with E-state index in [0.717, 1.165) is 12.0 Å². The standard InChI is InChI=1S/C10H20N2/c1-8-5-6-12(7-8)10-4-2-3-9(10)11/h8-10H,2-7,11H2,1H3/t8?,9-,10+/m0/s1. The van der Waals surface area contributed by atoms with Crippen molar-refractivity contribution in [2.45, 2.75) is 44.7 Å². The van der Waals surface area contributed by atoms with Gasteiger partial charge in [-0.15, -0.1) is 0 Å². The second-order valence-electron chi connectivity index (χ2n) is 4.55. The van der Waals surface area contributed by atoms with Gasteiger partial charge in [-0.3, -0.25) is 4.90 Å². The van der Waals surface area contributed by atoms with Crippen LogP contribution >= 0.6 is 0 Å². The van der Waals surface area contributed by atoms with E-state index in [1.807, 2.05) is 0 Å². The Morgan fingerprint density at radius 2 is 2.08 bits per heavy atom. The Morgan fingerprint density at radius 3 is 2.58 bits per heavy atom. The maximum Gasteiger partial charge on any atom is 0.0247 e. The fraction of sp³-hybridized carbons (Fsp3) is 1.00. The zero-order valence-corrected chi connectivity index (χ0v) is 8.00. The fourth-order valence-corrected chi connectivity index (χ4v) is 2.69. The predicted octanol–water partition coefficient (Wildman–Crippen LogP) is 1.21. The first-order chi connectivity index (χ1) is 5.77. The molecule has 0 bridgehead atoms. The molecule has 2 nitrogen and oxygen atoms in total. The molecule has 1 heterocycles. The SMILES string of the molecule is CC1CCN([C@@H]2CCC[C@@H]2N)C1. The Morgan fingerprint density at radius 1 is 1.25 bits per heavy atom. The Bertz CT molecular complexity index is 158. The topological polar surface area (TPSA) is 29.3 Å². The first kappa shape index (κ1) is 8.52. The van der Waals surface area contributed by atoms with E-state index in [4.69, 9.17) is 5.73 Å². The molecular formula is C10H20N2.